The van der Waals surface area contributed by atoms with Crippen LogP contribution in [0.3, 0.4) is 0 Å². The van der Waals surface area contributed by atoms with Gasteiger partial charge in [-0.3, -0.25) is 4.98 Å². The van der Waals surface area contributed by atoms with Gasteiger partial charge in [0, 0.05) is 23.6 Å². The number of nitrogens with zero attached hydrogens (tertiary/aromatic N) is 1. The summed E-state index contributed by atoms with van der Waals surface area (Å²) in [4.78, 5) is 16.0. The number of hydrogen-bond donors (Lipinski definition) is 2. The predicted octanol–water partition coefficient (Wildman–Crippen LogP) is 3.87. The molecule has 2 amide bonds. The smallest absolute Gasteiger partial charge is 0.387 e. The summed E-state index contributed by atoms with van der Waals surface area (Å²) >= 11 is 0. The third-order valence-corrected chi connectivity index (χ3v) is 3.30. The van der Waals surface area contributed by atoms with Crippen molar-refractivity contribution in [2.45, 2.75) is 26.5 Å². The van der Waals surface area contributed by atoms with Crippen molar-refractivity contribution in [3.8, 4) is 5.75 Å². The van der Waals surface area contributed by atoms with Crippen molar-refractivity contribution >= 4 is 11.7 Å². The Morgan fingerprint density at radius 2 is 1.91 bits per heavy atom. The maximum atomic E-state index is 12.3. The van der Waals surface area contributed by atoms with Gasteiger partial charge in [0.2, 0.25) is 0 Å². The van der Waals surface area contributed by atoms with E-state index < -0.39 is 12.6 Å². The Bertz CT molecular complexity index is 666. The molecule has 0 aliphatic heterocycles. The zero-order valence-electron chi connectivity index (χ0n) is 12.7. The Morgan fingerprint density at radius 1 is 1.22 bits per heavy atom. The first-order valence-electron chi connectivity index (χ1n) is 6.99. The van der Waals surface area contributed by atoms with Crippen molar-refractivity contribution in [1.82, 2.24) is 10.3 Å². The minimum absolute atomic E-state index is 0.0278. The van der Waals surface area contributed by atoms with E-state index in [9.17, 15) is 13.6 Å². The van der Waals surface area contributed by atoms with Crippen molar-refractivity contribution < 1.29 is 18.3 Å². The highest BCUT2D eigenvalue weighted by atomic mass is 19.3. The summed E-state index contributed by atoms with van der Waals surface area (Å²) in [5.41, 5.74) is 1.74. The van der Waals surface area contributed by atoms with Crippen molar-refractivity contribution in [3.05, 3.63) is 53.9 Å². The second-order valence-electron chi connectivity index (χ2n) is 4.91. The van der Waals surface area contributed by atoms with Crippen LogP contribution in [0.4, 0.5) is 19.3 Å². The lowest BCUT2D eigenvalue weighted by molar-refractivity contribution is -0.0502. The number of carbonyl (C=O) groups is 1. The van der Waals surface area contributed by atoms with Crippen molar-refractivity contribution in [2.75, 3.05) is 5.32 Å². The quantitative estimate of drug-likeness (QED) is 0.878. The number of benzene rings is 1. The maximum Gasteiger partial charge on any atom is 0.387 e. The molecule has 23 heavy (non-hydrogen) atoms. The first-order chi connectivity index (χ1) is 11.0. The van der Waals surface area contributed by atoms with E-state index in [1.165, 1.54) is 12.1 Å². The SMILES string of the molecule is Cc1c(NC(=O)N[C@@H](C)c2ccncc2)cccc1OC(F)F. The van der Waals surface area contributed by atoms with Crippen LogP contribution in [0.15, 0.2) is 42.7 Å². The average molecular weight is 321 g/mol. The molecular weight excluding hydrogens is 304 g/mol. The summed E-state index contributed by atoms with van der Waals surface area (Å²) in [6.45, 7) is 0.516. The Kier molecular flexibility index (Phi) is 5.46. The van der Waals surface area contributed by atoms with Crippen LogP contribution in [0.5, 0.6) is 5.75 Å². The molecule has 0 bridgehead atoms. The fraction of sp³-hybridized carbons (Fsp3) is 0.250. The highest BCUT2D eigenvalue weighted by molar-refractivity contribution is 5.90. The van der Waals surface area contributed by atoms with Gasteiger partial charge in [-0.1, -0.05) is 6.07 Å². The van der Waals surface area contributed by atoms with Gasteiger partial charge >= 0.3 is 12.6 Å². The van der Waals surface area contributed by atoms with Gasteiger partial charge in [-0.05, 0) is 43.7 Å². The molecule has 0 saturated heterocycles. The lowest BCUT2D eigenvalue weighted by atomic mass is 10.1. The molecule has 0 aliphatic carbocycles. The van der Waals surface area contributed by atoms with E-state index in [1.807, 2.05) is 6.92 Å². The van der Waals surface area contributed by atoms with Crippen LogP contribution in [-0.4, -0.2) is 17.6 Å². The Labute approximate surface area is 132 Å². The molecule has 1 aromatic carbocycles. The molecular formula is C16H17F2N3O2. The van der Waals surface area contributed by atoms with Gasteiger partial charge in [-0.15, -0.1) is 0 Å². The number of amides is 2. The Balaban J connectivity index is 2.03. The van der Waals surface area contributed by atoms with Gasteiger partial charge in [0.25, 0.3) is 0 Å². The minimum Gasteiger partial charge on any atom is -0.434 e. The number of aromatic nitrogens is 1. The summed E-state index contributed by atoms with van der Waals surface area (Å²) in [7, 11) is 0. The number of rotatable bonds is 5. The molecule has 0 unspecified atom stereocenters. The van der Waals surface area contributed by atoms with Gasteiger partial charge in [0.1, 0.15) is 5.75 Å². The van der Waals surface area contributed by atoms with E-state index in [4.69, 9.17) is 0 Å². The molecule has 0 radical (unpaired) electrons. The third kappa shape index (κ3) is 4.64. The Morgan fingerprint density at radius 3 is 2.57 bits per heavy atom. The number of urea groups is 1. The number of halogens is 2. The fourth-order valence-corrected chi connectivity index (χ4v) is 2.06. The first kappa shape index (κ1) is 16.7. The first-order valence-corrected chi connectivity index (χ1v) is 6.99. The second kappa shape index (κ2) is 7.53. The number of pyridine rings is 1. The van der Waals surface area contributed by atoms with Gasteiger partial charge in [-0.2, -0.15) is 8.78 Å². The summed E-state index contributed by atoms with van der Waals surface area (Å²) in [5.74, 6) is 0.0278. The number of hydrogen-bond acceptors (Lipinski definition) is 3. The van der Waals surface area contributed by atoms with Crippen LogP contribution < -0.4 is 15.4 Å². The van der Waals surface area contributed by atoms with Crippen LogP contribution in [0, 0.1) is 6.92 Å². The number of anilines is 1. The number of nitrogens with one attached hydrogen (secondary N) is 2. The van der Waals surface area contributed by atoms with E-state index in [1.54, 1.807) is 37.5 Å². The lowest BCUT2D eigenvalue weighted by Gasteiger charge is -2.17. The highest BCUT2D eigenvalue weighted by Gasteiger charge is 2.13. The predicted molar refractivity (Wildman–Crippen MR) is 82.6 cm³/mol. The van der Waals surface area contributed by atoms with E-state index in [-0.39, 0.29) is 11.8 Å². The molecule has 2 rings (SSSR count). The molecule has 1 atom stereocenters. The summed E-state index contributed by atoms with van der Waals surface area (Å²) in [5, 5.41) is 5.40. The number of ether oxygens (including phenoxy) is 1. The molecule has 2 N–H and O–H groups in total. The van der Waals surface area contributed by atoms with Crippen LogP contribution >= 0.6 is 0 Å². The Hall–Kier alpha value is -2.70. The lowest BCUT2D eigenvalue weighted by Crippen LogP contribution is -2.31. The van der Waals surface area contributed by atoms with E-state index >= 15 is 0 Å². The highest BCUT2D eigenvalue weighted by Crippen LogP contribution is 2.26. The van der Waals surface area contributed by atoms with E-state index in [0.717, 1.165) is 5.56 Å². The molecule has 0 spiro atoms. The van der Waals surface area contributed by atoms with Crippen LogP contribution in [-0.2, 0) is 0 Å². The zero-order valence-corrected chi connectivity index (χ0v) is 12.7. The van der Waals surface area contributed by atoms with Gasteiger partial charge in [0.15, 0.2) is 0 Å². The summed E-state index contributed by atoms with van der Waals surface area (Å²) in [6, 6.07) is 7.51. The number of alkyl halides is 2. The van der Waals surface area contributed by atoms with Crippen molar-refractivity contribution in [2.24, 2.45) is 0 Å². The van der Waals surface area contributed by atoms with Gasteiger partial charge in [0.05, 0.1) is 6.04 Å². The molecule has 0 fully saturated rings. The summed E-state index contributed by atoms with van der Waals surface area (Å²) < 4.78 is 29.1. The molecule has 7 heteroatoms. The van der Waals surface area contributed by atoms with Crippen molar-refractivity contribution in [1.29, 1.82) is 0 Å². The third-order valence-electron chi connectivity index (χ3n) is 3.30. The van der Waals surface area contributed by atoms with E-state index in [0.29, 0.717) is 11.3 Å². The summed E-state index contributed by atoms with van der Waals surface area (Å²) in [6.07, 6.45) is 3.28. The van der Waals surface area contributed by atoms with Crippen LogP contribution in [0.25, 0.3) is 0 Å². The van der Waals surface area contributed by atoms with Crippen LogP contribution in [0.2, 0.25) is 0 Å². The van der Waals surface area contributed by atoms with Crippen molar-refractivity contribution in [3.63, 3.8) is 0 Å². The molecule has 1 heterocycles. The number of carbonyl (C=O) groups excluding carboxylic acids is 1. The minimum atomic E-state index is -2.91. The monoisotopic (exact) mass is 321 g/mol. The largest absolute Gasteiger partial charge is 0.434 e. The fourth-order valence-electron chi connectivity index (χ4n) is 2.06. The zero-order chi connectivity index (χ0) is 16.8. The molecule has 0 aliphatic rings. The van der Waals surface area contributed by atoms with Gasteiger partial charge < -0.3 is 15.4 Å². The second-order valence-corrected chi connectivity index (χ2v) is 4.91. The maximum absolute atomic E-state index is 12.3. The van der Waals surface area contributed by atoms with E-state index in [2.05, 4.69) is 20.4 Å². The standard InChI is InChI=1S/C16H17F2N3O2/c1-10-13(4-3-5-14(10)23-15(17)18)21-16(22)20-11(2)12-6-8-19-9-7-12/h3-9,11,15H,1-2H3,(H2,20,21,22)/t11-/m0/s1. The topological polar surface area (TPSA) is 63.2 Å². The molecule has 0 saturated carbocycles. The molecule has 122 valence electrons. The van der Waals surface area contributed by atoms with Crippen LogP contribution in [0.1, 0.15) is 24.1 Å². The molecule has 5 nitrogen and oxygen atoms in total. The molecule has 2 aromatic rings. The normalized spacial score (nSPS) is 11.9. The molecule has 1 aromatic heterocycles. The average Bonchev–Trinajstić information content (AvgIpc) is 2.51. The van der Waals surface area contributed by atoms with Gasteiger partial charge in [-0.25, -0.2) is 4.79 Å².